The summed E-state index contributed by atoms with van der Waals surface area (Å²) in [5, 5.41) is 2.62. The number of carbonyl (C=O) groups excluding carboxylic acids is 3. The molecule has 27 heavy (non-hydrogen) atoms. The minimum atomic E-state index is -1.78. The first-order valence-corrected chi connectivity index (χ1v) is 8.34. The van der Waals surface area contributed by atoms with Gasteiger partial charge < -0.3 is 19.7 Å². The van der Waals surface area contributed by atoms with Gasteiger partial charge in [0.05, 0.1) is 24.0 Å². The van der Waals surface area contributed by atoms with Gasteiger partial charge in [-0.2, -0.15) is 0 Å². The number of ether oxygens (including phenoxy) is 2. The Labute approximate surface area is 156 Å². The van der Waals surface area contributed by atoms with Crippen LogP contribution in [0, 0.1) is 6.92 Å². The van der Waals surface area contributed by atoms with Gasteiger partial charge in [-0.05, 0) is 43.7 Å². The molecule has 2 amide bonds. The van der Waals surface area contributed by atoms with E-state index in [1.807, 2.05) is 19.1 Å². The van der Waals surface area contributed by atoms with Crippen molar-refractivity contribution >= 4 is 29.2 Å². The van der Waals surface area contributed by atoms with Gasteiger partial charge in [0.15, 0.2) is 0 Å². The van der Waals surface area contributed by atoms with Gasteiger partial charge in [-0.1, -0.05) is 18.2 Å². The Morgan fingerprint density at radius 3 is 2.59 bits per heavy atom. The van der Waals surface area contributed by atoms with Crippen molar-refractivity contribution in [2.24, 2.45) is 0 Å². The highest BCUT2D eigenvalue weighted by atomic mass is 16.5. The monoisotopic (exact) mass is 368 g/mol. The van der Waals surface area contributed by atoms with Gasteiger partial charge in [0, 0.05) is 7.05 Å². The average molecular weight is 368 g/mol. The fraction of sp³-hybridized carbons (Fsp3) is 0.250. The van der Waals surface area contributed by atoms with Crippen LogP contribution >= 0.6 is 0 Å². The first-order valence-electron chi connectivity index (χ1n) is 8.34. The molecule has 2 aromatic carbocycles. The summed E-state index contributed by atoms with van der Waals surface area (Å²) in [4.78, 5) is 39.1. The minimum absolute atomic E-state index is 0.185. The highest BCUT2D eigenvalue weighted by Crippen LogP contribution is 2.38. The van der Waals surface area contributed by atoms with E-state index in [0.717, 1.165) is 5.56 Å². The van der Waals surface area contributed by atoms with Gasteiger partial charge in [0.2, 0.25) is 0 Å². The standard InChI is InChI=1S/C20H20N2O5/c1-12-9-10-16-15(11-12)22(3)19(25)20(2,27-16)18(24)21-14-8-6-5-7-13(14)17(23)26-4/h5-11H,1-4H3,(H,21,24). The molecule has 0 aliphatic carbocycles. The first-order chi connectivity index (χ1) is 12.8. The molecule has 2 aromatic rings. The van der Waals surface area contributed by atoms with Gasteiger partial charge in [0.1, 0.15) is 5.75 Å². The van der Waals surface area contributed by atoms with Gasteiger partial charge in [-0.15, -0.1) is 0 Å². The van der Waals surface area contributed by atoms with E-state index in [0.29, 0.717) is 11.4 Å². The molecule has 1 atom stereocenters. The Balaban J connectivity index is 1.94. The topological polar surface area (TPSA) is 84.9 Å². The zero-order valence-corrected chi connectivity index (χ0v) is 15.5. The zero-order valence-electron chi connectivity index (χ0n) is 15.5. The SMILES string of the molecule is COC(=O)c1ccccc1NC(=O)C1(C)Oc2ccc(C)cc2N(C)C1=O. The predicted molar refractivity (Wildman–Crippen MR) is 100 cm³/mol. The highest BCUT2D eigenvalue weighted by molar-refractivity contribution is 6.20. The lowest BCUT2D eigenvalue weighted by atomic mass is 9.99. The summed E-state index contributed by atoms with van der Waals surface area (Å²) in [5.41, 5.74) is 0.214. The van der Waals surface area contributed by atoms with E-state index >= 15 is 0 Å². The number of amides is 2. The Bertz CT molecular complexity index is 940. The van der Waals surface area contributed by atoms with E-state index in [4.69, 9.17) is 9.47 Å². The second-order valence-electron chi connectivity index (χ2n) is 6.46. The second kappa shape index (κ2) is 6.75. The van der Waals surface area contributed by atoms with E-state index in [9.17, 15) is 14.4 Å². The molecule has 0 spiro atoms. The van der Waals surface area contributed by atoms with Crippen LogP contribution < -0.4 is 15.0 Å². The summed E-state index contributed by atoms with van der Waals surface area (Å²) in [6.07, 6.45) is 0. The van der Waals surface area contributed by atoms with Crippen LogP contribution in [0.15, 0.2) is 42.5 Å². The van der Waals surface area contributed by atoms with Crippen molar-refractivity contribution in [1.82, 2.24) is 0 Å². The lowest BCUT2D eigenvalue weighted by molar-refractivity contribution is -0.144. The number of hydrogen-bond donors (Lipinski definition) is 1. The number of hydrogen-bond acceptors (Lipinski definition) is 5. The average Bonchev–Trinajstić information content (AvgIpc) is 2.66. The van der Waals surface area contributed by atoms with Crippen LogP contribution in [0.4, 0.5) is 11.4 Å². The maximum absolute atomic E-state index is 12.9. The number of likely N-dealkylation sites (N-methyl/N-ethyl adjacent to an activating group) is 1. The summed E-state index contributed by atoms with van der Waals surface area (Å²) in [7, 11) is 2.85. The van der Waals surface area contributed by atoms with Crippen LogP contribution in [0.5, 0.6) is 5.75 Å². The van der Waals surface area contributed by atoms with Gasteiger partial charge in [-0.25, -0.2) is 4.79 Å². The number of nitrogens with one attached hydrogen (secondary N) is 1. The molecule has 140 valence electrons. The molecule has 1 N–H and O–H groups in total. The number of fused-ring (bicyclic) bond motifs is 1. The third-order valence-corrected chi connectivity index (χ3v) is 4.52. The largest absolute Gasteiger partial charge is 0.465 e. The zero-order chi connectivity index (χ0) is 19.8. The third kappa shape index (κ3) is 3.12. The molecule has 1 unspecified atom stereocenters. The molecule has 0 saturated carbocycles. The van der Waals surface area contributed by atoms with E-state index in [-0.39, 0.29) is 11.3 Å². The Kier molecular flexibility index (Phi) is 4.61. The Morgan fingerprint density at radius 2 is 1.89 bits per heavy atom. The van der Waals surface area contributed by atoms with Crippen molar-refractivity contribution in [1.29, 1.82) is 0 Å². The van der Waals surface area contributed by atoms with E-state index in [1.54, 1.807) is 31.3 Å². The smallest absolute Gasteiger partial charge is 0.339 e. The maximum Gasteiger partial charge on any atom is 0.339 e. The number of nitrogens with zero attached hydrogens (tertiary/aromatic N) is 1. The van der Waals surface area contributed by atoms with Gasteiger partial charge in [0.25, 0.3) is 17.4 Å². The second-order valence-corrected chi connectivity index (χ2v) is 6.46. The molecular weight excluding hydrogens is 348 g/mol. The number of para-hydroxylation sites is 1. The maximum atomic E-state index is 12.9. The fourth-order valence-electron chi connectivity index (χ4n) is 2.93. The molecule has 7 heteroatoms. The van der Waals surface area contributed by atoms with Gasteiger partial charge in [-0.3, -0.25) is 9.59 Å². The summed E-state index contributed by atoms with van der Waals surface area (Å²) in [5.74, 6) is -1.35. The molecule has 0 fully saturated rings. The van der Waals surface area contributed by atoms with Crippen molar-refractivity contribution in [3.05, 3.63) is 53.6 Å². The quantitative estimate of drug-likeness (QED) is 0.665. The molecular formula is C20H20N2O5. The highest BCUT2D eigenvalue weighted by Gasteiger charge is 2.50. The van der Waals surface area contributed by atoms with E-state index < -0.39 is 23.4 Å². The van der Waals surface area contributed by atoms with Crippen LogP contribution in [0.25, 0.3) is 0 Å². The molecule has 0 radical (unpaired) electrons. The predicted octanol–water partition coefficient (Wildman–Crippen LogP) is 2.53. The van der Waals surface area contributed by atoms with Crippen LogP contribution in [-0.2, 0) is 14.3 Å². The molecule has 1 aliphatic heterocycles. The fourth-order valence-corrected chi connectivity index (χ4v) is 2.93. The van der Waals surface area contributed by atoms with Crippen molar-refractivity contribution in [3.63, 3.8) is 0 Å². The number of aryl methyl sites for hydroxylation is 1. The minimum Gasteiger partial charge on any atom is -0.465 e. The summed E-state index contributed by atoms with van der Waals surface area (Å²) in [6.45, 7) is 3.31. The van der Waals surface area contributed by atoms with Gasteiger partial charge >= 0.3 is 5.97 Å². The van der Waals surface area contributed by atoms with Crippen LogP contribution in [0.3, 0.4) is 0 Å². The molecule has 7 nitrogen and oxygen atoms in total. The van der Waals surface area contributed by atoms with Crippen LogP contribution in [-0.4, -0.2) is 37.5 Å². The Morgan fingerprint density at radius 1 is 1.19 bits per heavy atom. The third-order valence-electron chi connectivity index (χ3n) is 4.52. The molecule has 1 aliphatic rings. The molecule has 0 saturated heterocycles. The van der Waals surface area contributed by atoms with Crippen molar-refractivity contribution < 1.29 is 23.9 Å². The Hall–Kier alpha value is -3.35. The summed E-state index contributed by atoms with van der Waals surface area (Å²) in [6, 6.07) is 11.8. The van der Waals surface area contributed by atoms with Crippen LogP contribution in [0.1, 0.15) is 22.8 Å². The normalized spacial score (nSPS) is 18.4. The number of rotatable bonds is 3. The van der Waals surface area contributed by atoms with Crippen molar-refractivity contribution in [2.75, 3.05) is 24.4 Å². The molecule has 0 aromatic heterocycles. The first kappa shape index (κ1) is 18.4. The van der Waals surface area contributed by atoms with E-state index in [2.05, 4.69) is 5.32 Å². The molecule has 3 rings (SSSR count). The molecule has 1 heterocycles. The number of benzene rings is 2. The van der Waals surface area contributed by atoms with E-state index in [1.165, 1.54) is 25.0 Å². The number of carbonyl (C=O) groups is 3. The summed E-state index contributed by atoms with van der Waals surface area (Å²) < 4.78 is 10.5. The molecule has 0 bridgehead atoms. The summed E-state index contributed by atoms with van der Waals surface area (Å²) >= 11 is 0. The number of methoxy groups -OCH3 is 1. The van der Waals surface area contributed by atoms with Crippen molar-refractivity contribution in [2.45, 2.75) is 19.4 Å². The van der Waals surface area contributed by atoms with Crippen LogP contribution in [0.2, 0.25) is 0 Å². The lowest BCUT2D eigenvalue weighted by Crippen LogP contribution is -2.59. The number of anilines is 2. The van der Waals surface area contributed by atoms with Crippen molar-refractivity contribution in [3.8, 4) is 5.75 Å². The lowest BCUT2D eigenvalue weighted by Gasteiger charge is -2.38. The number of esters is 1.